The number of thioether (sulfide) groups is 1. The largest absolute Gasteiger partial charge is 0.376 e. The minimum Gasteiger partial charge on any atom is -0.376 e. The summed E-state index contributed by atoms with van der Waals surface area (Å²) in [6, 6.07) is 7.66. The summed E-state index contributed by atoms with van der Waals surface area (Å²) in [4.78, 5) is 12.0. The van der Waals surface area contributed by atoms with Crippen molar-refractivity contribution >= 4 is 45.7 Å². The van der Waals surface area contributed by atoms with Gasteiger partial charge in [-0.15, -0.1) is 10.2 Å². The van der Waals surface area contributed by atoms with Crippen molar-refractivity contribution in [3.05, 3.63) is 34.9 Å². The van der Waals surface area contributed by atoms with Crippen LogP contribution < -0.4 is 5.32 Å². The predicted molar refractivity (Wildman–Crippen MR) is 90.1 cm³/mol. The minimum absolute atomic E-state index is 0.255. The van der Waals surface area contributed by atoms with Crippen molar-refractivity contribution in [2.75, 3.05) is 25.1 Å². The fourth-order valence-electron chi connectivity index (χ4n) is 1.87. The Morgan fingerprint density at radius 1 is 1.35 bits per heavy atom. The van der Waals surface area contributed by atoms with E-state index in [-0.39, 0.29) is 12.5 Å². The number of ether oxygens (including phenoxy) is 2. The predicted octanol–water partition coefficient (Wildman–Crippen LogP) is 2.84. The van der Waals surface area contributed by atoms with Crippen LogP contribution in [0.3, 0.4) is 0 Å². The molecule has 1 aromatic heterocycles. The molecule has 0 unspecified atom stereocenters. The lowest BCUT2D eigenvalue weighted by molar-refractivity contribution is -0.142. The number of amides is 1. The first-order valence-electron chi connectivity index (χ1n) is 6.91. The molecule has 0 saturated carbocycles. The van der Waals surface area contributed by atoms with Gasteiger partial charge in [-0.3, -0.25) is 10.1 Å². The van der Waals surface area contributed by atoms with Gasteiger partial charge in [0.05, 0.1) is 19.8 Å². The number of benzene rings is 1. The van der Waals surface area contributed by atoms with Crippen LogP contribution in [-0.4, -0.2) is 42.0 Å². The van der Waals surface area contributed by atoms with Crippen LogP contribution in [0.4, 0.5) is 5.13 Å². The van der Waals surface area contributed by atoms with Crippen molar-refractivity contribution in [3.63, 3.8) is 0 Å². The number of rotatable bonds is 5. The van der Waals surface area contributed by atoms with Crippen LogP contribution in [-0.2, 0) is 20.0 Å². The number of halogens is 1. The molecule has 0 aliphatic carbocycles. The maximum atomic E-state index is 12.0. The van der Waals surface area contributed by atoms with E-state index in [2.05, 4.69) is 15.5 Å². The van der Waals surface area contributed by atoms with Gasteiger partial charge in [-0.1, -0.05) is 46.8 Å². The molecule has 2 heterocycles. The third-order valence-electron chi connectivity index (χ3n) is 3.02. The van der Waals surface area contributed by atoms with Crippen LogP contribution in [0.1, 0.15) is 5.56 Å². The fraction of sp³-hybridized carbons (Fsp3) is 0.357. The van der Waals surface area contributed by atoms with Gasteiger partial charge in [-0.05, 0) is 17.7 Å². The van der Waals surface area contributed by atoms with Crippen molar-refractivity contribution in [2.24, 2.45) is 0 Å². The molecule has 1 amide bonds. The molecule has 2 aromatic rings. The fourth-order valence-corrected chi connectivity index (χ4v) is 3.71. The first kappa shape index (κ1) is 16.7. The van der Waals surface area contributed by atoms with Gasteiger partial charge in [0.25, 0.3) is 5.91 Å². The van der Waals surface area contributed by atoms with Crippen molar-refractivity contribution in [1.29, 1.82) is 0 Å². The van der Waals surface area contributed by atoms with E-state index in [1.807, 2.05) is 24.3 Å². The van der Waals surface area contributed by atoms with Crippen molar-refractivity contribution in [1.82, 2.24) is 10.2 Å². The summed E-state index contributed by atoms with van der Waals surface area (Å²) in [5.41, 5.74) is 1.15. The van der Waals surface area contributed by atoms with Gasteiger partial charge in [0.1, 0.15) is 0 Å². The molecule has 3 rings (SSSR count). The van der Waals surface area contributed by atoms with Gasteiger partial charge in [0, 0.05) is 10.8 Å². The second-order valence-electron chi connectivity index (χ2n) is 4.71. The normalized spacial score (nSPS) is 17.9. The monoisotopic (exact) mass is 371 g/mol. The Hall–Kier alpha value is -1.19. The summed E-state index contributed by atoms with van der Waals surface area (Å²) < 4.78 is 11.3. The highest BCUT2D eigenvalue weighted by molar-refractivity contribution is 8.00. The summed E-state index contributed by atoms with van der Waals surface area (Å²) >= 11 is 8.75. The van der Waals surface area contributed by atoms with E-state index in [1.54, 1.807) is 11.8 Å². The Morgan fingerprint density at radius 2 is 2.17 bits per heavy atom. The Balaban J connectivity index is 1.51. The van der Waals surface area contributed by atoms with Gasteiger partial charge in [0.15, 0.2) is 10.4 Å². The number of hydrogen-bond acceptors (Lipinski definition) is 7. The van der Waals surface area contributed by atoms with Crippen molar-refractivity contribution < 1.29 is 14.3 Å². The quantitative estimate of drug-likeness (QED) is 0.643. The molecular weight excluding hydrogens is 358 g/mol. The second kappa shape index (κ2) is 8.07. The molecule has 0 radical (unpaired) electrons. The smallest absolute Gasteiger partial charge is 0.257 e. The molecule has 9 heteroatoms. The molecular formula is C14H14ClN3O3S2. The summed E-state index contributed by atoms with van der Waals surface area (Å²) in [6.07, 6.45) is -0.585. The summed E-state index contributed by atoms with van der Waals surface area (Å²) in [7, 11) is 0. The molecule has 23 heavy (non-hydrogen) atoms. The van der Waals surface area contributed by atoms with Gasteiger partial charge in [0.2, 0.25) is 5.13 Å². The lowest BCUT2D eigenvalue weighted by Crippen LogP contribution is -2.39. The van der Waals surface area contributed by atoms with Crippen LogP contribution in [0, 0.1) is 0 Å². The zero-order valence-electron chi connectivity index (χ0n) is 12.0. The highest BCUT2D eigenvalue weighted by Gasteiger charge is 2.23. The number of anilines is 1. The van der Waals surface area contributed by atoms with E-state index in [0.717, 1.165) is 15.7 Å². The second-order valence-corrected chi connectivity index (χ2v) is 7.35. The number of aromatic nitrogens is 2. The Kier molecular flexibility index (Phi) is 5.85. The first-order chi connectivity index (χ1) is 11.2. The van der Waals surface area contributed by atoms with Crippen LogP contribution >= 0.6 is 34.7 Å². The van der Waals surface area contributed by atoms with Gasteiger partial charge in [-0.25, -0.2) is 0 Å². The summed E-state index contributed by atoms with van der Waals surface area (Å²) in [5, 5.41) is 11.9. The zero-order valence-corrected chi connectivity index (χ0v) is 14.4. The van der Waals surface area contributed by atoms with Crippen LogP contribution in [0.15, 0.2) is 28.6 Å². The average Bonchev–Trinajstić information content (AvgIpc) is 3.02. The van der Waals surface area contributed by atoms with Crippen LogP contribution in [0.25, 0.3) is 0 Å². The standard InChI is InChI=1S/C14H14ClN3O3S2/c15-10-3-1-9(2-4-10)8-22-14-18-17-13(23-14)16-12(19)11-7-20-5-6-21-11/h1-4,11H,5-8H2,(H,16,17,19)/t11-/m1/s1. The molecule has 1 aliphatic heterocycles. The Morgan fingerprint density at radius 3 is 2.91 bits per heavy atom. The summed E-state index contributed by atoms with van der Waals surface area (Å²) in [5.74, 6) is 0.509. The molecule has 1 aromatic carbocycles. The third-order valence-corrected chi connectivity index (χ3v) is 5.32. The summed E-state index contributed by atoms with van der Waals surface area (Å²) in [6.45, 7) is 1.22. The molecule has 122 valence electrons. The molecule has 6 nitrogen and oxygen atoms in total. The van der Waals surface area contributed by atoms with Crippen molar-refractivity contribution in [2.45, 2.75) is 16.2 Å². The highest BCUT2D eigenvalue weighted by Crippen LogP contribution is 2.28. The van der Waals surface area contributed by atoms with Crippen molar-refractivity contribution in [3.8, 4) is 0 Å². The third kappa shape index (κ3) is 4.89. The number of nitrogens with zero attached hydrogens (tertiary/aromatic N) is 2. The zero-order chi connectivity index (χ0) is 16.1. The van der Waals surface area contributed by atoms with Gasteiger partial charge < -0.3 is 9.47 Å². The minimum atomic E-state index is -0.585. The Labute approximate surface area is 146 Å². The Bertz CT molecular complexity index is 660. The lowest BCUT2D eigenvalue weighted by Gasteiger charge is -2.21. The molecule has 1 aliphatic rings. The number of hydrogen-bond donors (Lipinski definition) is 1. The van der Waals surface area contributed by atoms with E-state index in [4.69, 9.17) is 21.1 Å². The van der Waals surface area contributed by atoms with E-state index in [9.17, 15) is 4.79 Å². The SMILES string of the molecule is O=C(Nc1nnc(SCc2ccc(Cl)cc2)s1)[C@H]1COCCO1. The first-order valence-corrected chi connectivity index (χ1v) is 9.09. The molecule has 1 saturated heterocycles. The molecule has 1 fully saturated rings. The highest BCUT2D eigenvalue weighted by atomic mass is 35.5. The van der Waals surface area contributed by atoms with E-state index in [0.29, 0.717) is 23.4 Å². The van der Waals surface area contributed by atoms with Gasteiger partial charge in [-0.2, -0.15) is 0 Å². The van der Waals surface area contributed by atoms with Gasteiger partial charge >= 0.3 is 0 Å². The molecule has 0 spiro atoms. The maximum absolute atomic E-state index is 12.0. The molecule has 1 atom stereocenters. The van der Waals surface area contributed by atoms with E-state index in [1.165, 1.54) is 11.3 Å². The van der Waals surface area contributed by atoms with E-state index >= 15 is 0 Å². The van der Waals surface area contributed by atoms with Crippen LogP contribution in [0.2, 0.25) is 5.02 Å². The lowest BCUT2D eigenvalue weighted by atomic mass is 10.2. The topological polar surface area (TPSA) is 73.3 Å². The number of carbonyl (C=O) groups is 1. The maximum Gasteiger partial charge on any atom is 0.257 e. The number of carbonyl (C=O) groups excluding carboxylic acids is 1. The molecule has 1 N–H and O–H groups in total. The average molecular weight is 372 g/mol. The van der Waals surface area contributed by atoms with Crippen LogP contribution in [0.5, 0.6) is 0 Å². The molecule has 0 bridgehead atoms. The number of nitrogens with one attached hydrogen (secondary N) is 1. The van der Waals surface area contributed by atoms with E-state index < -0.39 is 6.10 Å².